The van der Waals surface area contributed by atoms with Crippen molar-refractivity contribution in [2.45, 2.75) is 6.36 Å². The summed E-state index contributed by atoms with van der Waals surface area (Å²) in [5, 5.41) is 8.65. The van der Waals surface area contributed by atoms with E-state index >= 15 is 0 Å². The molecule has 0 spiro atoms. The molecule has 0 saturated carbocycles. The lowest BCUT2D eigenvalue weighted by Gasteiger charge is -2.13. The monoisotopic (exact) mass is 323 g/mol. The van der Waals surface area contributed by atoms with Crippen LogP contribution < -0.4 is 4.74 Å². The predicted octanol–water partition coefficient (Wildman–Crippen LogP) is 3.01. The van der Waals surface area contributed by atoms with E-state index in [1.165, 1.54) is 6.07 Å². The van der Waals surface area contributed by atoms with Crippen LogP contribution in [0.15, 0.2) is 16.6 Å². The maximum Gasteiger partial charge on any atom is 0.573 e. The van der Waals surface area contributed by atoms with E-state index in [2.05, 4.69) is 25.4 Å². The predicted molar refractivity (Wildman–Crippen MR) is 56.9 cm³/mol. The van der Waals surface area contributed by atoms with E-state index in [1.807, 2.05) is 0 Å². The Kier molecular flexibility index (Phi) is 4.19. The number of halogens is 4. The highest BCUT2D eigenvalue weighted by Gasteiger charge is 2.34. The number of nitrogens with zero attached hydrogens (tertiary/aromatic N) is 1. The topological polar surface area (TPSA) is 59.3 Å². The first-order chi connectivity index (χ1) is 8.28. The lowest BCUT2D eigenvalue weighted by Crippen LogP contribution is -2.19. The molecule has 0 radical (unpaired) electrons. The van der Waals surface area contributed by atoms with Gasteiger partial charge in [0.25, 0.3) is 0 Å². The largest absolute Gasteiger partial charge is 0.573 e. The van der Waals surface area contributed by atoms with Crippen molar-refractivity contribution < 1.29 is 27.4 Å². The Morgan fingerprint density at radius 3 is 2.50 bits per heavy atom. The van der Waals surface area contributed by atoms with Gasteiger partial charge in [-0.1, -0.05) is 0 Å². The lowest BCUT2D eigenvalue weighted by atomic mass is 10.1. The van der Waals surface area contributed by atoms with E-state index in [9.17, 15) is 18.0 Å². The van der Waals surface area contributed by atoms with Gasteiger partial charge in [0.2, 0.25) is 0 Å². The maximum atomic E-state index is 12.2. The van der Waals surface area contributed by atoms with Gasteiger partial charge in [-0.25, -0.2) is 4.79 Å². The van der Waals surface area contributed by atoms with Crippen LogP contribution in [0.2, 0.25) is 0 Å². The molecular formula is C10H5BrF3NO3. The third-order valence-electron chi connectivity index (χ3n) is 1.80. The first-order valence-electron chi connectivity index (χ1n) is 4.36. The molecule has 0 amide bonds. The number of alkyl halides is 3. The number of benzene rings is 1. The molecule has 0 aromatic heterocycles. The van der Waals surface area contributed by atoms with E-state index in [0.29, 0.717) is 0 Å². The minimum Gasteiger partial charge on any atom is -0.465 e. The van der Waals surface area contributed by atoms with Crippen LogP contribution in [0.1, 0.15) is 15.9 Å². The number of rotatable bonds is 2. The number of methoxy groups -OCH3 is 1. The van der Waals surface area contributed by atoms with E-state index in [4.69, 9.17) is 5.26 Å². The Morgan fingerprint density at radius 1 is 1.44 bits per heavy atom. The Bertz CT molecular complexity index is 522. The van der Waals surface area contributed by atoms with Crippen molar-refractivity contribution in [2.24, 2.45) is 0 Å². The molecule has 0 bridgehead atoms. The van der Waals surface area contributed by atoms with Gasteiger partial charge in [-0.05, 0) is 28.1 Å². The van der Waals surface area contributed by atoms with Crippen molar-refractivity contribution in [3.05, 3.63) is 27.7 Å². The Labute approximate surface area is 108 Å². The molecule has 1 rings (SSSR count). The number of nitriles is 1. The standard InChI is InChI=1S/C10H5BrF3NO3/c1-17-9(16)8-6(11)2-5(4-15)3-7(8)18-10(12,13)14/h2-3H,1H3. The maximum absolute atomic E-state index is 12.2. The van der Waals surface area contributed by atoms with Gasteiger partial charge in [0.05, 0.1) is 18.7 Å². The van der Waals surface area contributed by atoms with Gasteiger partial charge in [0.1, 0.15) is 11.3 Å². The fraction of sp³-hybridized carbons (Fsp3) is 0.200. The van der Waals surface area contributed by atoms with Gasteiger partial charge >= 0.3 is 12.3 Å². The van der Waals surface area contributed by atoms with Crippen LogP contribution >= 0.6 is 15.9 Å². The van der Waals surface area contributed by atoms with Crippen molar-refractivity contribution >= 4 is 21.9 Å². The molecule has 0 saturated heterocycles. The minimum absolute atomic E-state index is 0.0207. The first-order valence-corrected chi connectivity index (χ1v) is 5.15. The lowest BCUT2D eigenvalue weighted by molar-refractivity contribution is -0.274. The van der Waals surface area contributed by atoms with Gasteiger partial charge in [0.15, 0.2) is 0 Å². The molecule has 0 aliphatic carbocycles. The van der Waals surface area contributed by atoms with Crippen LogP contribution in [-0.4, -0.2) is 19.4 Å². The molecule has 0 aliphatic heterocycles. The molecule has 1 aromatic rings. The summed E-state index contributed by atoms with van der Waals surface area (Å²) in [5.74, 6) is -1.80. The van der Waals surface area contributed by atoms with E-state index in [0.717, 1.165) is 13.2 Å². The minimum atomic E-state index is -4.98. The molecule has 0 N–H and O–H groups in total. The third-order valence-corrected chi connectivity index (χ3v) is 2.42. The summed E-state index contributed by atoms with van der Waals surface area (Å²) in [6, 6.07) is 3.65. The molecule has 8 heteroatoms. The Hall–Kier alpha value is -1.75. The van der Waals surface area contributed by atoms with Crippen molar-refractivity contribution in [1.29, 1.82) is 5.26 Å². The number of hydrogen-bond donors (Lipinski definition) is 0. The second-order valence-corrected chi connectivity index (χ2v) is 3.84. The molecule has 0 aliphatic rings. The highest BCUT2D eigenvalue weighted by atomic mass is 79.9. The van der Waals surface area contributed by atoms with Crippen LogP contribution in [0.4, 0.5) is 13.2 Å². The molecule has 0 unspecified atom stereocenters. The number of carbonyl (C=O) groups excluding carboxylic acids is 1. The van der Waals surface area contributed by atoms with Gasteiger partial charge in [-0.3, -0.25) is 0 Å². The smallest absolute Gasteiger partial charge is 0.465 e. The fourth-order valence-electron chi connectivity index (χ4n) is 1.15. The number of carbonyl (C=O) groups is 1. The second-order valence-electron chi connectivity index (χ2n) is 2.98. The van der Waals surface area contributed by atoms with Crippen molar-refractivity contribution in [3.63, 3.8) is 0 Å². The third kappa shape index (κ3) is 3.37. The van der Waals surface area contributed by atoms with Gasteiger partial charge < -0.3 is 9.47 Å². The SMILES string of the molecule is COC(=O)c1c(Br)cc(C#N)cc1OC(F)(F)F. The number of hydrogen-bond acceptors (Lipinski definition) is 4. The average molecular weight is 324 g/mol. The van der Waals surface area contributed by atoms with Crippen molar-refractivity contribution in [1.82, 2.24) is 0 Å². The number of esters is 1. The molecule has 4 nitrogen and oxygen atoms in total. The highest BCUT2D eigenvalue weighted by Crippen LogP contribution is 2.33. The van der Waals surface area contributed by atoms with Gasteiger partial charge in [0, 0.05) is 4.47 Å². The summed E-state index contributed by atoms with van der Waals surface area (Å²) in [6.45, 7) is 0. The summed E-state index contributed by atoms with van der Waals surface area (Å²) in [7, 11) is 1.02. The molecule has 0 fully saturated rings. The molecule has 0 heterocycles. The Balaban J connectivity index is 3.39. The summed E-state index contributed by atoms with van der Waals surface area (Å²) in [5.41, 5.74) is -0.525. The summed E-state index contributed by atoms with van der Waals surface area (Å²) >= 11 is 2.89. The summed E-state index contributed by atoms with van der Waals surface area (Å²) < 4.78 is 44.6. The van der Waals surface area contributed by atoms with Crippen LogP contribution in [-0.2, 0) is 4.74 Å². The van der Waals surface area contributed by atoms with Crippen LogP contribution in [0.3, 0.4) is 0 Å². The van der Waals surface area contributed by atoms with Crippen LogP contribution in [0, 0.1) is 11.3 Å². The van der Waals surface area contributed by atoms with Gasteiger partial charge in [-0.2, -0.15) is 5.26 Å². The zero-order chi connectivity index (χ0) is 13.9. The second kappa shape index (κ2) is 5.27. The van der Waals surface area contributed by atoms with E-state index < -0.39 is 23.6 Å². The van der Waals surface area contributed by atoms with Crippen molar-refractivity contribution in [3.8, 4) is 11.8 Å². The normalized spacial score (nSPS) is 10.7. The average Bonchev–Trinajstić information content (AvgIpc) is 2.25. The molecule has 18 heavy (non-hydrogen) atoms. The van der Waals surface area contributed by atoms with Crippen molar-refractivity contribution in [2.75, 3.05) is 7.11 Å². The molecule has 0 atom stereocenters. The van der Waals surface area contributed by atoms with E-state index in [1.54, 1.807) is 6.07 Å². The molecular weight excluding hydrogens is 319 g/mol. The van der Waals surface area contributed by atoms with Crippen LogP contribution in [0.25, 0.3) is 0 Å². The highest BCUT2D eigenvalue weighted by molar-refractivity contribution is 9.10. The number of ether oxygens (including phenoxy) is 2. The molecule has 1 aromatic carbocycles. The Morgan fingerprint density at radius 2 is 2.06 bits per heavy atom. The first kappa shape index (κ1) is 14.3. The van der Waals surface area contributed by atoms with Gasteiger partial charge in [-0.15, -0.1) is 13.2 Å². The summed E-state index contributed by atoms with van der Waals surface area (Å²) in [6.07, 6.45) is -4.98. The van der Waals surface area contributed by atoms with Crippen LogP contribution in [0.5, 0.6) is 5.75 Å². The van der Waals surface area contributed by atoms with E-state index in [-0.39, 0.29) is 10.0 Å². The summed E-state index contributed by atoms with van der Waals surface area (Å²) in [4.78, 5) is 11.4. The quantitative estimate of drug-likeness (QED) is 0.785. The zero-order valence-corrected chi connectivity index (χ0v) is 10.4. The zero-order valence-electron chi connectivity index (χ0n) is 8.84. The molecule has 96 valence electrons. The fourth-order valence-corrected chi connectivity index (χ4v) is 1.76.